The normalized spacial score (nSPS) is 19.7. The monoisotopic (exact) mass is 1650 g/mol. The standard InChI is InChI=1S/C43H58N6O8S4.C20H27N3O4S2.C15H34N6/c1-36-6-14-40(15-7-36)58(50,51)46-28-24-44(25-29-47(33-32-46)59(52,53)41-16-8-37(2)9-17-41)22-5-23-45-26-30-48(60(54,55)42-18-10-38(3)11-19-42)34-35-49(31-27-45)61(56,57)43-20-12-39(4)13-21-43;1-17-3-7-19(8-4-17)28(24,25)22-13-11-21-12-14-23(16-15-22)29(26,27)20-9-5-18(2)6-10-20;1(10-20-12-6-16-2-3-17-7-13-20)11-21-14-8-18-4-5-19-9-15-21/h6-21H,5,22-35H2,1-4H3;3-10,21H,11-16H2,1-2H3;16-19H,1-15H2. The molecule has 5 fully saturated rings. The first kappa shape index (κ1) is 89.4. The van der Waals surface area contributed by atoms with Gasteiger partial charge >= 0.3 is 0 Å². The van der Waals surface area contributed by atoms with E-state index in [9.17, 15) is 50.5 Å². The summed E-state index contributed by atoms with van der Waals surface area (Å²) in [4.78, 5) is 10.3. The molecule has 5 aliphatic heterocycles. The van der Waals surface area contributed by atoms with E-state index in [1.54, 1.807) is 146 Å². The molecule has 33 heteroatoms. The van der Waals surface area contributed by atoms with Crippen molar-refractivity contribution in [3.8, 4) is 0 Å². The summed E-state index contributed by atoms with van der Waals surface area (Å²) >= 11 is 0. The van der Waals surface area contributed by atoms with Gasteiger partial charge in [-0.15, -0.1) is 0 Å². The highest BCUT2D eigenvalue weighted by Crippen LogP contribution is 2.26. The number of sulfonamides is 6. The summed E-state index contributed by atoms with van der Waals surface area (Å²) in [5.74, 6) is 0. The lowest BCUT2D eigenvalue weighted by molar-refractivity contribution is 0.212. The van der Waals surface area contributed by atoms with Gasteiger partial charge in [0.1, 0.15) is 0 Å². The van der Waals surface area contributed by atoms with Crippen LogP contribution in [-0.4, -0.2) is 318 Å². The molecule has 0 atom stereocenters. The predicted molar refractivity (Wildman–Crippen MR) is 439 cm³/mol. The average Bonchev–Trinajstić information content (AvgIpc) is 1.79. The van der Waals surface area contributed by atoms with E-state index in [1.807, 2.05) is 41.5 Å². The number of rotatable bonds is 20. The Morgan fingerprint density at radius 3 is 0.532 bits per heavy atom. The number of nitrogens with one attached hydrogen (secondary N) is 5. The molecular weight excluding hydrogens is 1530 g/mol. The van der Waals surface area contributed by atoms with E-state index >= 15 is 0 Å². The average molecular weight is 1650 g/mol. The SMILES string of the molecule is C(CN1CCNCCNCC1)CN1CCNCCNCC1.Cc1ccc(S(=O)(=O)N2CCN(CCCN3CCN(S(=O)(=O)c4ccc(C)cc4)CCN(S(=O)(=O)c4ccc(C)cc4)CC3)CCN(S(=O)(=O)c3ccc(C)cc3)CC2)cc1.Cc1ccc(S(=O)(=O)N2CCNCCN(S(=O)(=O)c3ccc(C)cc3)CC2)cc1. The first-order chi connectivity index (χ1) is 53.0. The molecule has 0 aromatic heterocycles. The smallest absolute Gasteiger partial charge is 0.243 e. The lowest BCUT2D eigenvalue weighted by Crippen LogP contribution is -2.41. The second-order valence-electron chi connectivity index (χ2n) is 29.1. The fourth-order valence-corrected chi connectivity index (χ4v) is 22.2. The molecule has 0 aliphatic carbocycles. The Kier molecular flexibility index (Phi) is 34.5. The van der Waals surface area contributed by atoms with Crippen LogP contribution in [0.2, 0.25) is 0 Å². The highest BCUT2D eigenvalue weighted by molar-refractivity contribution is 7.90. The fourth-order valence-electron chi connectivity index (χ4n) is 13.7. The van der Waals surface area contributed by atoms with Crippen molar-refractivity contribution in [3.05, 3.63) is 179 Å². The largest absolute Gasteiger partial charge is 0.314 e. The summed E-state index contributed by atoms with van der Waals surface area (Å²) in [6.07, 6.45) is 1.85. The molecule has 0 amide bonds. The van der Waals surface area contributed by atoms with Crippen molar-refractivity contribution < 1.29 is 50.5 Å². The van der Waals surface area contributed by atoms with Gasteiger partial charge in [-0.05, 0) is 153 Å². The molecule has 11 rings (SSSR count). The molecule has 5 saturated heterocycles. The van der Waals surface area contributed by atoms with Gasteiger partial charge in [-0.2, -0.15) is 25.8 Å². The van der Waals surface area contributed by atoms with E-state index < -0.39 is 60.1 Å². The second-order valence-corrected chi connectivity index (χ2v) is 40.8. The Morgan fingerprint density at radius 2 is 0.342 bits per heavy atom. The molecule has 6 aromatic rings. The Morgan fingerprint density at radius 1 is 0.198 bits per heavy atom. The van der Waals surface area contributed by atoms with Crippen molar-refractivity contribution in [2.45, 2.75) is 83.8 Å². The maximum atomic E-state index is 14.0. The molecule has 0 radical (unpaired) electrons. The van der Waals surface area contributed by atoms with Crippen LogP contribution in [0.5, 0.6) is 0 Å². The maximum Gasteiger partial charge on any atom is 0.243 e. The maximum absolute atomic E-state index is 14.0. The van der Waals surface area contributed by atoms with Crippen LogP contribution >= 0.6 is 0 Å². The van der Waals surface area contributed by atoms with E-state index in [1.165, 1.54) is 71.5 Å². The first-order valence-electron chi connectivity index (χ1n) is 38.9. The van der Waals surface area contributed by atoms with Crippen LogP contribution in [0.4, 0.5) is 0 Å². The highest BCUT2D eigenvalue weighted by atomic mass is 32.2. The fraction of sp³-hybridized carbons (Fsp3) is 0.538. The van der Waals surface area contributed by atoms with Gasteiger partial charge in [0.05, 0.1) is 29.4 Å². The number of hydrogen-bond acceptors (Lipinski definition) is 21. The molecule has 111 heavy (non-hydrogen) atoms. The zero-order chi connectivity index (χ0) is 79.7. The molecule has 27 nitrogen and oxygen atoms in total. The summed E-state index contributed by atoms with van der Waals surface area (Å²) in [7, 11) is -23.2. The van der Waals surface area contributed by atoms with E-state index in [2.05, 4.69) is 46.2 Å². The van der Waals surface area contributed by atoms with E-state index in [0.29, 0.717) is 58.8 Å². The minimum Gasteiger partial charge on any atom is -0.314 e. The van der Waals surface area contributed by atoms with Crippen molar-refractivity contribution in [2.24, 2.45) is 0 Å². The molecule has 0 saturated carbocycles. The molecule has 5 N–H and O–H groups in total. The Balaban J connectivity index is 0.000000231. The number of aryl methyl sites for hydroxylation is 6. The molecule has 0 bridgehead atoms. The Bertz CT molecular complexity index is 4080. The van der Waals surface area contributed by atoms with Crippen molar-refractivity contribution >= 4 is 60.1 Å². The number of benzene rings is 6. The third-order valence-corrected chi connectivity index (χ3v) is 32.2. The van der Waals surface area contributed by atoms with E-state index in [4.69, 9.17) is 0 Å². The van der Waals surface area contributed by atoms with Crippen LogP contribution in [0.25, 0.3) is 0 Å². The summed E-state index contributed by atoms with van der Waals surface area (Å²) < 4.78 is 172. The number of nitrogens with zero attached hydrogens (tertiary/aromatic N) is 10. The summed E-state index contributed by atoms with van der Waals surface area (Å²) in [6, 6.07) is 39.9. The number of hydrogen-bond donors (Lipinski definition) is 5. The van der Waals surface area contributed by atoms with Crippen LogP contribution in [0, 0.1) is 41.5 Å². The van der Waals surface area contributed by atoms with Crippen LogP contribution in [0.3, 0.4) is 0 Å². The zero-order valence-electron chi connectivity index (χ0n) is 65.6. The van der Waals surface area contributed by atoms with Gasteiger partial charge in [0.25, 0.3) is 0 Å². The topological polar surface area (TPSA) is 297 Å². The van der Waals surface area contributed by atoms with E-state index in [0.717, 1.165) is 85.7 Å². The predicted octanol–water partition coefficient (Wildman–Crippen LogP) is 3.96. The summed E-state index contributed by atoms with van der Waals surface area (Å²) in [5.41, 5.74) is 5.63. The molecule has 5 aliphatic rings. The molecule has 0 unspecified atom stereocenters. The Labute approximate surface area is 663 Å². The molecule has 614 valence electrons. The Hall–Kier alpha value is -5.58. The third-order valence-electron chi connectivity index (χ3n) is 20.8. The van der Waals surface area contributed by atoms with Crippen molar-refractivity contribution in [1.29, 1.82) is 0 Å². The van der Waals surface area contributed by atoms with Crippen molar-refractivity contribution in [2.75, 3.05) is 223 Å². The van der Waals surface area contributed by atoms with Gasteiger partial charge in [-0.25, -0.2) is 50.5 Å². The van der Waals surface area contributed by atoms with Crippen LogP contribution in [0.15, 0.2) is 175 Å². The van der Waals surface area contributed by atoms with E-state index in [-0.39, 0.29) is 108 Å². The van der Waals surface area contributed by atoms with Gasteiger partial charge in [-0.3, -0.25) is 0 Å². The van der Waals surface area contributed by atoms with Gasteiger partial charge < -0.3 is 46.2 Å². The first-order valence-corrected chi connectivity index (χ1v) is 47.5. The van der Waals surface area contributed by atoms with Crippen LogP contribution in [0.1, 0.15) is 46.2 Å². The van der Waals surface area contributed by atoms with Crippen LogP contribution < -0.4 is 26.6 Å². The van der Waals surface area contributed by atoms with Crippen LogP contribution in [-0.2, 0) is 60.1 Å². The lowest BCUT2D eigenvalue weighted by Gasteiger charge is -2.28. The molecule has 5 heterocycles. The van der Waals surface area contributed by atoms with Gasteiger partial charge in [0.15, 0.2) is 0 Å². The minimum absolute atomic E-state index is 0.0209. The summed E-state index contributed by atoms with van der Waals surface area (Å²) in [6.45, 7) is 32.0. The lowest BCUT2D eigenvalue weighted by atomic mass is 10.2. The van der Waals surface area contributed by atoms with Crippen molar-refractivity contribution in [3.63, 3.8) is 0 Å². The minimum atomic E-state index is -3.96. The third kappa shape index (κ3) is 26.5. The second kappa shape index (κ2) is 42.9. The molecular formula is C78H119N15O12S6. The van der Waals surface area contributed by atoms with Gasteiger partial charge in [-0.1, -0.05) is 106 Å². The quantitative estimate of drug-likeness (QED) is 0.0723. The summed E-state index contributed by atoms with van der Waals surface area (Å²) in [5, 5.41) is 17.1. The van der Waals surface area contributed by atoms with Gasteiger partial charge in [0.2, 0.25) is 60.1 Å². The highest BCUT2D eigenvalue weighted by Gasteiger charge is 2.35. The molecule has 6 aromatic carbocycles. The molecule has 0 spiro atoms. The van der Waals surface area contributed by atoms with Gasteiger partial charge in [0, 0.05) is 196 Å². The zero-order valence-corrected chi connectivity index (χ0v) is 70.5. The van der Waals surface area contributed by atoms with Crippen molar-refractivity contribution in [1.82, 2.24) is 72.0 Å².